The summed E-state index contributed by atoms with van der Waals surface area (Å²) in [6.45, 7) is 0.747. The quantitative estimate of drug-likeness (QED) is 0.576. The number of nitrogens with one attached hydrogen (secondary N) is 1. The van der Waals surface area contributed by atoms with Gasteiger partial charge in [-0.25, -0.2) is 0 Å². The Morgan fingerprint density at radius 3 is 2.73 bits per heavy atom. The molecule has 7 nitrogen and oxygen atoms in total. The number of aliphatic imine (C=N–C) groups is 1. The van der Waals surface area contributed by atoms with Gasteiger partial charge >= 0.3 is 6.18 Å². The molecule has 2 aromatic rings. The molecular weight excluding hydrogens is 457 g/mol. The highest BCUT2D eigenvalue weighted by Crippen LogP contribution is 2.35. The molecule has 1 fully saturated rings. The van der Waals surface area contributed by atoms with E-state index in [0.29, 0.717) is 19.0 Å². The molecule has 0 bridgehead atoms. The van der Waals surface area contributed by atoms with Crippen LogP contribution in [-0.4, -0.2) is 45.7 Å². The van der Waals surface area contributed by atoms with Gasteiger partial charge in [0, 0.05) is 30.5 Å². The molecule has 33 heavy (non-hydrogen) atoms. The molecule has 0 spiro atoms. The zero-order chi connectivity index (χ0) is 23.6. The lowest BCUT2D eigenvalue weighted by molar-refractivity contribution is -0.138. The Morgan fingerprint density at radius 1 is 1.24 bits per heavy atom. The fraction of sp³-hybridized carbons (Fsp3) is 0.545. The van der Waals surface area contributed by atoms with Crippen LogP contribution >= 0.6 is 11.6 Å². The minimum Gasteiger partial charge on any atom is -0.386 e. The number of aromatic nitrogens is 2. The first-order valence-electron chi connectivity index (χ1n) is 11.0. The van der Waals surface area contributed by atoms with E-state index in [-0.39, 0.29) is 46.8 Å². The lowest BCUT2D eigenvalue weighted by Gasteiger charge is -2.34. The number of amidine groups is 1. The number of hydrogen-bond donors (Lipinski definition) is 2. The van der Waals surface area contributed by atoms with Crippen LogP contribution in [0, 0.1) is 5.41 Å². The second-order valence-electron chi connectivity index (χ2n) is 8.57. The van der Waals surface area contributed by atoms with Gasteiger partial charge < -0.3 is 15.7 Å². The number of nitrogens with two attached hydrogens (primary N) is 1. The van der Waals surface area contributed by atoms with Gasteiger partial charge in [0.1, 0.15) is 5.84 Å². The van der Waals surface area contributed by atoms with Crippen LogP contribution in [-0.2, 0) is 12.7 Å². The number of benzene rings is 1. The summed E-state index contributed by atoms with van der Waals surface area (Å²) in [5, 5.41) is 12.7. The highest BCUT2D eigenvalue weighted by atomic mass is 35.5. The van der Waals surface area contributed by atoms with E-state index in [1.54, 1.807) is 4.90 Å². The van der Waals surface area contributed by atoms with Crippen LogP contribution in [0.3, 0.4) is 0 Å². The smallest absolute Gasteiger partial charge is 0.386 e. The maximum atomic E-state index is 13.5. The molecule has 1 unspecified atom stereocenters. The van der Waals surface area contributed by atoms with Gasteiger partial charge in [-0.1, -0.05) is 36.0 Å². The Morgan fingerprint density at radius 2 is 2.00 bits per heavy atom. The lowest BCUT2D eigenvalue weighted by Crippen LogP contribution is -2.50. The highest BCUT2D eigenvalue weighted by Gasteiger charge is 2.35. The van der Waals surface area contributed by atoms with E-state index in [1.165, 1.54) is 18.6 Å². The summed E-state index contributed by atoms with van der Waals surface area (Å²) < 4.78 is 46.0. The van der Waals surface area contributed by atoms with Gasteiger partial charge in [-0.15, -0.1) is 0 Å². The minimum atomic E-state index is -4.50. The average molecular weight is 483 g/mol. The van der Waals surface area contributed by atoms with E-state index in [2.05, 4.69) is 15.1 Å². The number of alkyl halides is 3. The predicted molar refractivity (Wildman–Crippen MR) is 119 cm³/mol. The second kappa shape index (κ2) is 9.80. The Hall–Kier alpha value is -2.46. The number of hydrogen-bond acceptors (Lipinski definition) is 7. The van der Waals surface area contributed by atoms with E-state index in [1.807, 2.05) is 0 Å². The van der Waals surface area contributed by atoms with E-state index >= 15 is 0 Å². The topological polar surface area (TPSA) is 104 Å². The summed E-state index contributed by atoms with van der Waals surface area (Å²) in [4.78, 5) is 10.5. The molecule has 1 atom stereocenters. The van der Waals surface area contributed by atoms with Gasteiger partial charge in [0.15, 0.2) is 0 Å². The molecule has 0 amide bonds. The third-order valence-electron chi connectivity index (χ3n) is 6.27. The molecule has 0 radical (unpaired) electrons. The van der Waals surface area contributed by atoms with Gasteiger partial charge in [-0.3, -0.25) is 9.89 Å². The van der Waals surface area contributed by atoms with Crippen molar-refractivity contribution in [2.45, 2.75) is 63.2 Å². The van der Waals surface area contributed by atoms with Crippen molar-refractivity contribution in [3.8, 4) is 0 Å². The Labute approximate surface area is 194 Å². The Kier molecular flexibility index (Phi) is 7.04. The first-order chi connectivity index (χ1) is 15.7. The van der Waals surface area contributed by atoms with Crippen LogP contribution in [0.4, 0.5) is 13.2 Å². The summed E-state index contributed by atoms with van der Waals surface area (Å²) in [6, 6.07) is 2.99. The normalized spacial score (nSPS) is 20.6. The molecule has 2 heterocycles. The first-order valence-corrected chi connectivity index (χ1v) is 11.4. The largest absolute Gasteiger partial charge is 0.416 e. The summed E-state index contributed by atoms with van der Waals surface area (Å²) >= 11 is 5.98. The number of nitrogens with zero attached hydrogens (tertiary/aromatic N) is 4. The molecule has 2 aliphatic rings. The summed E-state index contributed by atoms with van der Waals surface area (Å²) in [5.41, 5.74) is 5.55. The second-order valence-corrected chi connectivity index (χ2v) is 9.00. The van der Waals surface area contributed by atoms with Crippen LogP contribution in [0.5, 0.6) is 0 Å². The average Bonchev–Trinajstić information content (AvgIpc) is 3.26. The predicted octanol–water partition coefficient (Wildman–Crippen LogP) is 4.79. The highest BCUT2D eigenvalue weighted by molar-refractivity contribution is 6.30. The van der Waals surface area contributed by atoms with Gasteiger partial charge in [-0.05, 0) is 36.6 Å². The fourth-order valence-electron chi connectivity index (χ4n) is 4.52. The van der Waals surface area contributed by atoms with E-state index < -0.39 is 17.8 Å². The van der Waals surface area contributed by atoms with Crippen molar-refractivity contribution < 1.29 is 17.7 Å². The summed E-state index contributed by atoms with van der Waals surface area (Å²) in [5.74, 6) is 1.23. The summed E-state index contributed by atoms with van der Waals surface area (Å²) in [7, 11) is 0. The first kappa shape index (κ1) is 23.7. The molecular formula is C22H26ClF3N6O. The van der Waals surface area contributed by atoms with Crippen LogP contribution in [0.15, 0.2) is 27.7 Å². The Balaban J connectivity index is 1.51. The zero-order valence-electron chi connectivity index (χ0n) is 18.0. The van der Waals surface area contributed by atoms with Crippen LogP contribution in [0.25, 0.3) is 0 Å². The molecule has 1 saturated carbocycles. The van der Waals surface area contributed by atoms with E-state index in [4.69, 9.17) is 27.3 Å². The van der Waals surface area contributed by atoms with Crippen molar-refractivity contribution in [1.29, 1.82) is 5.41 Å². The standard InChI is InChI=1S/C22H26ClF3N6O/c23-15-6-7-16(22(24,25)26)14(10-15)12-32-9-8-29-19(28)18(32)11-17(27)20-30-21(33-31-20)13-4-2-1-3-5-13/h6-7,10,13,18,27H,1-5,8-9,11-12H2,(H2,28,29). The van der Waals surface area contributed by atoms with E-state index in [9.17, 15) is 13.2 Å². The van der Waals surface area contributed by atoms with Crippen molar-refractivity contribution in [1.82, 2.24) is 15.0 Å². The minimum absolute atomic E-state index is 0.0247. The molecule has 1 aromatic carbocycles. The third-order valence-corrected chi connectivity index (χ3v) is 6.51. The van der Waals surface area contributed by atoms with Gasteiger partial charge in [0.2, 0.25) is 11.7 Å². The monoisotopic (exact) mass is 482 g/mol. The van der Waals surface area contributed by atoms with Gasteiger partial charge in [-0.2, -0.15) is 18.2 Å². The van der Waals surface area contributed by atoms with Crippen LogP contribution in [0.2, 0.25) is 5.02 Å². The van der Waals surface area contributed by atoms with Crippen molar-refractivity contribution in [3.05, 3.63) is 46.1 Å². The lowest BCUT2D eigenvalue weighted by atomic mass is 9.89. The molecule has 1 aromatic heterocycles. The molecule has 4 rings (SSSR count). The molecule has 178 valence electrons. The van der Waals surface area contributed by atoms with Crippen LogP contribution < -0.4 is 5.73 Å². The fourth-order valence-corrected chi connectivity index (χ4v) is 4.72. The van der Waals surface area contributed by atoms with Crippen molar-refractivity contribution in [2.75, 3.05) is 13.1 Å². The maximum absolute atomic E-state index is 13.5. The Bertz CT molecular complexity index is 1030. The van der Waals surface area contributed by atoms with Crippen molar-refractivity contribution in [2.24, 2.45) is 10.7 Å². The molecule has 11 heteroatoms. The summed E-state index contributed by atoms with van der Waals surface area (Å²) in [6.07, 6.45) is 1.03. The number of halogens is 4. The molecule has 1 aliphatic heterocycles. The van der Waals surface area contributed by atoms with Crippen LogP contribution in [0.1, 0.15) is 67.3 Å². The van der Waals surface area contributed by atoms with Gasteiger partial charge in [0.05, 0.1) is 23.9 Å². The number of rotatable bonds is 6. The van der Waals surface area contributed by atoms with Gasteiger partial charge in [0.25, 0.3) is 0 Å². The molecule has 0 saturated heterocycles. The maximum Gasteiger partial charge on any atom is 0.416 e. The van der Waals surface area contributed by atoms with Crippen molar-refractivity contribution >= 4 is 23.1 Å². The zero-order valence-corrected chi connectivity index (χ0v) is 18.8. The SMILES string of the molecule is N=C(CC1C(N)=NCCN1Cc1cc(Cl)ccc1C(F)(F)F)c1noc(C2CCCCC2)n1. The van der Waals surface area contributed by atoms with E-state index in [0.717, 1.165) is 31.7 Å². The molecule has 1 aliphatic carbocycles. The molecule has 3 N–H and O–H groups in total. The van der Waals surface area contributed by atoms with Crippen molar-refractivity contribution in [3.63, 3.8) is 0 Å². The third kappa shape index (κ3) is 5.55.